The van der Waals surface area contributed by atoms with Crippen molar-refractivity contribution in [2.24, 2.45) is 0 Å². The fraction of sp³-hybridized carbons (Fsp3) is 0. The van der Waals surface area contributed by atoms with E-state index in [9.17, 15) is 0 Å². The molecule has 0 aliphatic carbocycles. The predicted octanol–water partition coefficient (Wildman–Crippen LogP) is 11.0. The zero-order valence-electron chi connectivity index (χ0n) is 36.3. The molecule has 0 atom stereocenters. The summed E-state index contributed by atoms with van der Waals surface area (Å²) in [4.78, 5) is 0. The highest BCUT2D eigenvalue weighted by Gasteiger charge is 2.42. The van der Waals surface area contributed by atoms with E-state index < -0.39 is 0 Å². The molecule has 0 amide bonds. The van der Waals surface area contributed by atoms with Crippen LogP contribution in [0.15, 0.2) is 206 Å². The van der Waals surface area contributed by atoms with Gasteiger partial charge in [0.15, 0.2) is 0 Å². The Kier molecular flexibility index (Phi) is 7.15. The summed E-state index contributed by atoms with van der Waals surface area (Å²) in [5.41, 5.74) is 15.1. The lowest BCUT2D eigenvalue weighted by Gasteiger charge is -2.33. The van der Waals surface area contributed by atoms with Crippen LogP contribution in [-0.2, 0) is 0 Å². The van der Waals surface area contributed by atoms with Crippen LogP contribution in [0.25, 0.3) is 66.1 Å². The Morgan fingerprint density at radius 1 is 0.294 bits per heavy atom. The van der Waals surface area contributed by atoms with Crippen LogP contribution in [0.3, 0.4) is 0 Å². The molecule has 68 heavy (non-hydrogen) atoms. The second kappa shape index (κ2) is 13.4. The Labute approximate surface area is 390 Å². The number of ether oxygens (including phenoxy) is 4. The van der Waals surface area contributed by atoms with Gasteiger partial charge in [0.25, 0.3) is 13.4 Å². The molecule has 0 spiro atoms. The van der Waals surface area contributed by atoms with E-state index in [1.807, 2.05) is 12.1 Å². The van der Waals surface area contributed by atoms with Crippen LogP contribution in [0.2, 0.25) is 0 Å². The Morgan fingerprint density at radius 2 is 0.706 bits per heavy atom. The van der Waals surface area contributed by atoms with Crippen LogP contribution in [0.5, 0.6) is 46.0 Å². The molecule has 0 radical (unpaired) electrons. The van der Waals surface area contributed by atoms with E-state index in [0.29, 0.717) is 0 Å². The Morgan fingerprint density at radius 3 is 1.26 bits per heavy atom. The first-order valence-electron chi connectivity index (χ1n) is 23.2. The summed E-state index contributed by atoms with van der Waals surface area (Å²) in [6.07, 6.45) is 0. The molecule has 8 heteroatoms. The molecule has 0 bridgehead atoms. The molecular formula is C60H34B2N2O4. The normalized spacial score (nSPS) is 13.4. The number of rotatable bonds is 3. The van der Waals surface area contributed by atoms with Crippen LogP contribution in [0.1, 0.15) is 0 Å². The van der Waals surface area contributed by atoms with Gasteiger partial charge in [-0.2, -0.15) is 0 Å². The number of hydrogen-bond donors (Lipinski definition) is 0. The maximum absolute atomic E-state index is 7.18. The third-order valence-corrected chi connectivity index (χ3v) is 14.8. The molecule has 6 heterocycles. The van der Waals surface area contributed by atoms with Crippen LogP contribution in [-0.4, -0.2) is 22.6 Å². The summed E-state index contributed by atoms with van der Waals surface area (Å²) in [6, 6.07) is 73.2. The lowest BCUT2D eigenvalue weighted by atomic mass is 9.35. The number of benzene rings is 10. The molecule has 4 aliphatic rings. The molecular weight excluding hydrogens is 834 g/mol. The monoisotopic (exact) mass is 868 g/mol. The third-order valence-electron chi connectivity index (χ3n) is 14.8. The average molecular weight is 869 g/mol. The van der Waals surface area contributed by atoms with Crippen LogP contribution in [0.4, 0.5) is 0 Å². The van der Waals surface area contributed by atoms with E-state index in [0.717, 1.165) is 134 Å². The Hall–Kier alpha value is -8.87. The fourth-order valence-corrected chi connectivity index (χ4v) is 12.0. The zero-order chi connectivity index (χ0) is 44.2. The number of hydrogen-bond acceptors (Lipinski definition) is 4. The van der Waals surface area contributed by atoms with Gasteiger partial charge in [-0.25, -0.2) is 0 Å². The molecule has 2 aromatic heterocycles. The van der Waals surface area contributed by atoms with Crippen molar-refractivity contribution in [1.29, 1.82) is 0 Å². The van der Waals surface area contributed by atoms with Crippen molar-refractivity contribution in [1.82, 2.24) is 9.13 Å². The topological polar surface area (TPSA) is 46.8 Å². The summed E-state index contributed by atoms with van der Waals surface area (Å²) in [5.74, 6) is 6.57. The van der Waals surface area contributed by atoms with Crippen LogP contribution >= 0.6 is 0 Å². The van der Waals surface area contributed by atoms with E-state index in [4.69, 9.17) is 18.9 Å². The molecule has 0 N–H and O–H groups in total. The molecule has 10 aromatic carbocycles. The summed E-state index contributed by atoms with van der Waals surface area (Å²) >= 11 is 0. The molecule has 314 valence electrons. The van der Waals surface area contributed by atoms with Crippen molar-refractivity contribution < 1.29 is 18.9 Å². The van der Waals surface area contributed by atoms with Crippen LogP contribution < -0.4 is 51.7 Å². The van der Waals surface area contributed by atoms with E-state index in [1.165, 1.54) is 10.8 Å². The summed E-state index contributed by atoms with van der Waals surface area (Å²) in [5, 5.41) is 4.73. The maximum atomic E-state index is 7.18. The highest BCUT2D eigenvalue weighted by Crippen LogP contribution is 2.45. The van der Waals surface area contributed by atoms with Gasteiger partial charge in [-0.15, -0.1) is 0 Å². The number of nitrogens with zero attached hydrogens (tertiary/aromatic N) is 2. The van der Waals surface area contributed by atoms with Gasteiger partial charge in [0.2, 0.25) is 0 Å². The van der Waals surface area contributed by atoms with Crippen molar-refractivity contribution in [2.45, 2.75) is 0 Å². The summed E-state index contributed by atoms with van der Waals surface area (Å²) in [7, 11) is 0. The van der Waals surface area contributed by atoms with Crippen LogP contribution in [0, 0.1) is 0 Å². The molecule has 0 fully saturated rings. The average Bonchev–Trinajstić information content (AvgIpc) is 3.91. The first kappa shape index (κ1) is 36.4. The summed E-state index contributed by atoms with van der Waals surface area (Å²) < 4.78 is 32.5. The van der Waals surface area contributed by atoms with Gasteiger partial charge in [0.05, 0.1) is 27.8 Å². The first-order chi connectivity index (χ1) is 33.7. The number of para-hydroxylation sites is 7. The largest absolute Gasteiger partial charge is 0.458 e. The number of fused-ring (bicyclic) bond motifs is 14. The first-order valence-corrected chi connectivity index (χ1v) is 23.2. The quantitative estimate of drug-likeness (QED) is 0.166. The molecule has 4 aliphatic heterocycles. The highest BCUT2D eigenvalue weighted by molar-refractivity contribution is 6.99. The highest BCUT2D eigenvalue weighted by atomic mass is 16.5. The van der Waals surface area contributed by atoms with Crippen molar-refractivity contribution >= 4 is 89.8 Å². The van der Waals surface area contributed by atoms with Crippen molar-refractivity contribution in [3.8, 4) is 68.5 Å². The van der Waals surface area contributed by atoms with Gasteiger partial charge in [0, 0.05) is 61.9 Å². The van der Waals surface area contributed by atoms with E-state index >= 15 is 0 Å². The molecule has 0 saturated carbocycles. The van der Waals surface area contributed by atoms with Gasteiger partial charge >= 0.3 is 0 Å². The molecule has 16 rings (SSSR count). The molecule has 12 aromatic rings. The molecule has 6 nitrogen and oxygen atoms in total. The second-order valence-corrected chi connectivity index (χ2v) is 18.3. The lowest BCUT2D eigenvalue weighted by Crippen LogP contribution is -2.57. The predicted molar refractivity (Wildman–Crippen MR) is 276 cm³/mol. The molecule has 0 saturated heterocycles. The third kappa shape index (κ3) is 4.88. The fourth-order valence-electron chi connectivity index (χ4n) is 12.0. The van der Waals surface area contributed by atoms with Crippen molar-refractivity contribution in [2.75, 3.05) is 0 Å². The van der Waals surface area contributed by atoms with E-state index in [-0.39, 0.29) is 13.4 Å². The number of aromatic nitrogens is 2. The minimum absolute atomic E-state index is 0.0118. The standard InChI is InChI=1S/C60H34B2N2O4/c1-7-22-47-39(14-1)40-15-2-8-23-48(40)63(47)36-28-29-46-53(32-36)68-55-31-35(30-54-58(55)62(46)45-21-6-10-25-50(45)65-54)38-17-13-18-42-41-16-3-9-24-49(41)64(60(38)42)37-33-56-59-57(34-37)67-52-27-12-5-20-44(52)61(59)43-19-4-11-26-51(43)66-56/h1-34H. The Bertz CT molecular complexity index is 4080. The van der Waals surface area contributed by atoms with Crippen molar-refractivity contribution in [3.05, 3.63) is 206 Å². The minimum Gasteiger partial charge on any atom is -0.458 e. The minimum atomic E-state index is -0.0799. The maximum Gasteiger partial charge on any atom is 0.260 e. The van der Waals surface area contributed by atoms with Gasteiger partial charge in [-0.05, 0) is 82.0 Å². The van der Waals surface area contributed by atoms with Gasteiger partial charge in [-0.1, -0.05) is 133 Å². The van der Waals surface area contributed by atoms with Crippen molar-refractivity contribution in [3.63, 3.8) is 0 Å². The molecule has 0 unspecified atom stereocenters. The summed E-state index contributed by atoms with van der Waals surface area (Å²) in [6.45, 7) is -0.0916. The Balaban J connectivity index is 0.907. The second-order valence-electron chi connectivity index (χ2n) is 18.3. The lowest BCUT2D eigenvalue weighted by molar-refractivity contribution is 0.464. The van der Waals surface area contributed by atoms with Gasteiger partial charge in [0.1, 0.15) is 46.0 Å². The zero-order valence-corrected chi connectivity index (χ0v) is 36.3. The van der Waals surface area contributed by atoms with Gasteiger partial charge in [-0.3, -0.25) is 0 Å². The SMILES string of the molecule is c1ccc2c(c1)Oc1cc(-c3cccc4c5ccccc5n(-c5cc6c7c(c5)Oc5ccccc5B7c5ccccc5O6)c34)cc3c1B2c1ccc(-n2c4ccccc4c4ccccc42)cc1O3. The smallest absolute Gasteiger partial charge is 0.260 e. The van der Waals surface area contributed by atoms with E-state index in [2.05, 4.69) is 203 Å². The van der Waals surface area contributed by atoms with E-state index in [1.54, 1.807) is 0 Å². The van der Waals surface area contributed by atoms with Gasteiger partial charge < -0.3 is 28.1 Å².